The number of benzene rings is 2. The largest absolute Gasteiger partial charge is 0.496 e. The summed E-state index contributed by atoms with van der Waals surface area (Å²) in [6.45, 7) is 2.75. The Hall–Kier alpha value is -2.53. The van der Waals surface area contributed by atoms with Crippen LogP contribution in [-0.4, -0.2) is 39.8 Å². The van der Waals surface area contributed by atoms with E-state index in [-0.39, 0.29) is 0 Å². The van der Waals surface area contributed by atoms with E-state index in [1.807, 2.05) is 36.4 Å². The van der Waals surface area contributed by atoms with Gasteiger partial charge in [0, 0.05) is 20.1 Å². The third kappa shape index (κ3) is 6.85. The van der Waals surface area contributed by atoms with E-state index in [0.29, 0.717) is 19.8 Å². The molecule has 2 aromatic carbocycles. The number of para-hydroxylation sites is 1. The van der Waals surface area contributed by atoms with Gasteiger partial charge in [-0.05, 0) is 23.6 Å². The lowest BCUT2D eigenvalue weighted by Crippen LogP contribution is -2.39. The summed E-state index contributed by atoms with van der Waals surface area (Å²) in [6.07, 6.45) is 0.870. The van der Waals surface area contributed by atoms with E-state index < -0.39 is 0 Å². The van der Waals surface area contributed by atoms with Gasteiger partial charge in [0.1, 0.15) is 5.75 Å². The SMILES string of the molecule is CN=C(NCCOCc1ccccc1)NCCc1ccccc1OC. The lowest BCUT2D eigenvalue weighted by atomic mass is 10.1. The van der Waals surface area contributed by atoms with E-state index in [1.165, 1.54) is 11.1 Å². The van der Waals surface area contributed by atoms with Crippen LogP contribution in [0.5, 0.6) is 5.75 Å². The number of ether oxygens (including phenoxy) is 2. The second-order valence-corrected chi connectivity index (χ2v) is 5.53. The molecule has 0 saturated heterocycles. The topological polar surface area (TPSA) is 54.9 Å². The highest BCUT2D eigenvalue weighted by molar-refractivity contribution is 5.79. The van der Waals surface area contributed by atoms with Crippen molar-refractivity contribution in [1.82, 2.24) is 10.6 Å². The van der Waals surface area contributed by atoms with Crippen molar-refractivity contribution in [1.29, 1.82) is 0 Å². The zero-order valence-electron chi connectivity index (χ0n) is 15.0. The first-order chi connectivity index (χ1) is 12.3. The molecule has 0 aliphatic carbocycles. The van der Waals surface area contributed by atoms with Crippen LogP contribution in [0.3, 0.4) is 0 Å². The van der Waals surface area contributed by atoms with Gasteiger partial charge in [-0.2, -0.15) is 0 Å². The van der Waals surface area contributed by atoms with Crippen molar-refractivity contribution in [3.8, 4) is 5.75 Å². The van der Waals surface area contributed by atoms with Crippen LogP contribution in [0.4, 0.5) is 0 Å². The number of guanidine groups is 1. The Balaban J connectivity index is 1.62. The van der Waals surface area contributed by atoms with Gasteiger partial charge in [0.05, 0.1) is 20.3 Å². The van der Waals surface area contributed by atoms with Gasteiger partial charge in [0.25, 0.3) is 0 Å². The van der Waals surface area contributed by atoms with E-state index in [9.17, 15) is 0 Å². The van der Waals surface area contributed by atoms with Gasteiger partial charge in [0.2, 0.25) is 0 Å². The van der Waals surface area contributed by atoms with Crippen LogP contribution >= 0.6 is 0 Å². The molecule has 0 atom stereocenters. The van der Waals surface area contributed by atoms with Crippen LogP contribution < -0.4 is 15.4 Å². The summed E-state index contributed by atoms with van der Waals surface area (Å²) in [4.78, 5) is 4.23. The molecule has 0 fully saturated rings. The molecule has 134 valence electrons. The minimum absolute atomic E-state index is 0.627. The van der Waals surface area contributed by atoms with Crippen LogP contribution in [0.2, 0.25) is 0 Å². The molecular weight excluding hydrogens is 314 g/mol. The fourth-order valence-corrected chi connectivity index (χ4v) is 2.45. The highest BCUT2D eigenvalue weighted by Crippen LogP contribution is 2.17. The summed E-state index contributed by atoms with van der Waals surface area (Å²) in [5.74, 6) is 1.69. The van der Waals surface area contributed by atoms with Crippen molar-refractivity contribution in [2.45, 2.75) is 13.0 Å². The van der Waals surface area contributed by atoms with E-state index in [4.69, 9.17) is 9.47 Å². The fourth-order valence-electron chi connectivity index (χ4n) is 2.45. The van der Waals surface area contributed by atoms with Gasteiger partial charge < -0.3 is 20.1 Å². The van der Waals surface area contributed by atoms with Gasteiger partial charge in [0.15, 0.2) is 5.96 Å². The second kappa shape index (κ2) is 11.1. The first-order valence-electron chi connectivity index (χ1n) is 8.51. The van der Waals surface area contributed by atoms with Crippen molar-refractivity contribution in [2.24, 2.45) is 4.99 Å². The molecule has 0 heterocycles. The number of hydrogen-bond donors (Lipinski definition) is 2. The van der Waals surface area contributed by atoms with E-state index in [1.54, 1.807) is 14.2 Å². The highest BCUT2D eigenvalue weighted by atomic mass is 16.5. The van der Waals surface area contributed by atoms with Crippen LogP contribution in [0.1, 0.15) is 11.1 Å². The van der Waals surface area contributed by atoms with E-state index in [0.717, 1.165) is 24.7 Å². The molecule has 0 aliphatic heterocycles. The molecule has 25 heavy (non-hydrogen) atoms. The quantitative estimate of drug-likeness (QED) is 0.418. The maximum absolute atomic E-state index is 5.66. The Kier molecular flexibility index (Phi) is 8.35. The van der Waals surface area contributed by atoms with Gasteiger partial charge in [-0.25, -0.2) is 0 Å². The lowest BCUT2D eigenvalue weighted by Gasteiger charge is -2.13. The minimum atomic E-state index is 0.627. The molecule has 0 spiro atoms. The van der Waals surface area contributed by atoms with Crippen molar-refractivity contribution < 1.29 is 9.47 Å². The normalized spacial score (nSPS) is 11.2. The number of nitrogens with one attached hydrogen (secondary N) is 2. The number of methoxy groups -OCH3 is 1. The Morgan fingerprint density at radius 2 is 1.68 bits per heavy atom. The summed E-state index contributed by atoms with van der Waals surface area (Å²) >= 11 is 0. The number of nitrogens with zero attached hydrogens (tertiary/aromatic N) is 1. The third-order valence-corrected chi connectivity index (χ3v) is 3.75. The molecule has 0 aromatic heterocycles. The Morgan fingerprint density at radius 3 is 2.44 bits per heavy atom. The van der Waals surface area contributed by atoms with E-state index >= 15 is 0 Å². The van der Waals surface area contributed by atoms with Gasteiger partial charge in [-0.1, -0.05) is 48.5 Å². The molecule has 2 N–H and O–H groups in total. The maximum atomic E-state index is 5.66. The number of hydrogen-bond acceptors (Lipinski definition) is 3. The number of rotatable bonds is 9. The summed E-state index contributed by atoms with van der Waals surface area (Å²) in [7, 11) is 3.46. The van der Waals surface area contributed by atoms with Crippen LogP contribution in [-0.2, 0) is 17.8 Å². The average molecular weight is 341 g/mol. The summed E-state index contributed by atoms with van der Waals surface area (Å²) in [6, 6.07) is 18.2. The molecule has 2 aromatic rings. The smallest absolute Gasteiger partial charge is 0.191 e. The zero-order valence-corrected chi connectivity index (χ0v) is 15.0. The maximum Gasteiger partial charge on any atom is 0.191 e. The van der Waals surface area contributed by atoms with Crippen molar-refractivity contribution >= 4 is 5.96 Å². The van der Waals surface area contributed by atoms with E-state index in [2.05, 4.69) is 33.8 Å². The Morgan fingerprint density at radius 1 is 0.960 bits per heavy atom. The van der Waals surface area contributed by atoms with Crippen molar-refractivity contribution in [2.75, 3.05) is 33.9 Å². The average Bonchev–Trinajstić information content (AvgIpc) is 2.67. The van der Waals surface area contributed by atoms with Gasteiger partial charge >= 0.3 is 0 Å². The van der Waals surface area contributed by atoms with Crippen LogP contribution in [0.25, 0.3) is 0 Å². The molecule has 0 amide bonds. The molecule has 0 unspecified atom stereocenters. The van der Waals surface area contributed by atoms with Gasteiger partial charge in [-0.3, -0.25) is 4.99 Å². The summed E-state index contributed by atoms with van der Waals surface area (Å²) in [5.41, 5.74) is 2.36. The van der Waals surface area contributed by atoms with Gasteiger partial charge in [-0.15, -0.1) is 0 Å². The second-order valence-electron chi connectivity index (χ2n) is 5.53. The third-order valence-electron chi connectivity index (χ3n) is 3.75. The molecule has 2 rings (SSSR count). The zero-order chi connectivity index (χ0) is 17.7. The molecule has 5 nitrogen and oxygen atoms in total. The monoisotopic (exact) mass is 341 g/mol. The van der Waals surface area contributed by atoms with Crippen LogP contribution in [0.15, 0.2) is 59.6 Å². The minimum Gasteiger partial charge on any atom is -0.496 e. The standard InChI is InChI=1S/C20H27N3O2/c1-21-20(22-13-12-18-10-6-7-11-19(18)24-2)23-14-15-25-16-17-8-4-3-5-9-17/h3-11H,12-16H2,1-2H3,(H2,21,22,23). The van der Waals surface area contributed by atoms with Crippen LogP contribution in [0, 0.1) is 0 Å². The Labute approximate surface area is 150 Å². The number of aliphatic imine (C=N–C) groups is 1. The van der Waals surface area contributed by atoms with Crippen molar-refractivity contribution in [3.05, 3.63) is 65.7 Å². The first-order valence-corrected chi connectivity index (χ1v) is 8.51. The fraction of sp³-hybridized carbons (Fsp3) is 0.350. The molecular formula is C20H27N3O2. The lowest BCUT2D eigenvalue weighted by molar-refractivity contribution is 0.125. The summed E-state index contributed by atoms with van der Waals surface area (Å²) < 4.78 is 11.0. The molecule has 0 bridgehead atoms. The molecule has 0 radical (unpaired) electrons. The molecule has 0 aliphatic rings. The summed E-state index contributed by atoms with van der Waals surface area (Å²) in [5, 5.41) is 6.56. The predicted molar refractivity (Wildman–Crippen MR) is 102 cm³/mol. The molecule has 5 heteroatoms. The molecule has 0 saturated carbocycles. The highest BCUT2D eigenvalue weighted by Gasteiger charge is 2.02. The predicted octanol–water partition coefficient (Wildman–Crippen LogP) is 2.62. The first kappa shape index (κ1) is 18.8. The van der Waals surface area contributed by atoms with Crippen molar-refractivity contribution in [3.63, 3.8) is 0 Å². The Bertz CT molecular complexity index is 644.